The van der Waals surface area contributed by atoms with Crippen molar-refractivity contribution >= 4 is 44.5 Å². The number of carbonyl (C=O) groups is 2. The molecule has 1 aliphatic heterocycles. The molecule has 1 fully saturated rings. The molecule has 0 atom stereocenters. The molecule has 7 heteroatoms. The molecular weight excluding hydrogens is 420 g/mol. The fourth-order valence-electron chi connectivity index (χ4n) is 3.94. The molecule has 0 radical (unpaired) electrons. The Morgan fingerprint density at radius 1 is 1.21 bits per heavy atom. The molecule has 2 aromatic heterocycles. The molecular formula is C21H17BrN4O2. The maximum atomic E-state index is 12.9. The number of fused-ring (bicyclic) bond motifs is 3. The highest BCUT2D eigenvalue weighted by Gasteiger charge is 2.51. The Morgan fingerprint density at radius 3 is 2.89 bits per heavy atom. The van der Waals surface area contributed by atoms with Crippen LogP contribution in [0.1, 0.15) is 28.8 Å². The summed E-state index contributed by atoms with van der Waals surface area (Å²) in [5.41, 5.74) is 2.58. The second-order valence-corrected chi connectivity index (χ2v) is 8.36. The first-order chi connectivity index (χ1) is 13.5. The summed E-state index contributed by atoms with van der Waals surface area (Å²) in [6.07, 6.45) is 5.42. The number of nitrogens with zero attached hydrogens (tertiary/aromatic N) is 3. The summed E-state index contributed by atoms with van der Waals surface area (Å²) in [5.74, 6) is 0.117. The third kappa shape index (κ3) is 2.96. The lowest BCUT2D eigenvalue weighted by molar-refractivity contribution is -0.117. The molecule has 1 aliphatic carbocycles. The molecule has 1 saturated carbocycles. The largest absolute Gasteiger partial charge is 0.328 e. The van der Waals surface area contributed by atoms with Crippen molar-refractivity contribution < 1.29 is 9.59 Å². The molecule has 3 heterocycles. The minimum absolute atomic E-state index is 0.000171. The number of rotatable bonds is 3. The van der Waals surface area contributed by atoms with Crippen molar-refractivity contribution in [2.45, 2.75) is 18.3 Å². The summed E-state index contributed by atoms with van der Waals surface area (Å²) in [4.78, 5) is 35.6. The van der Waals surface area contributed by atoms with Gasteiger partial charge in [0.05, 0.1) is 11.7 Å². The van der Waals surface area contributed by atoms with Crippen molar-refractivity contribution in [1.29, 1.82) is 0 Å². The van der Waals surface area contributed by atoms with Crippen LogP contribution in [0.15, 0.2) is 53.3 Å². The molecule has 1 aromatic carbocycles. The molecule has 3 aromatic rings. The Morgan fingerprint density at radius 2 is 2.07 bits per heavy atom. The van der Waals surface area contributed by atoms with Crippen LogP contribution in [-0.2, 0) is 10.2 Å². The predicted molar refractivity (Wildman–Crippen MR) is 109 cm³/mol. The molecule has 0 unspecified atom stereocenters. The molecule has 28 heavy (non-hydrogen) atoms. The summed E-state index contributed by atoms with van der Waals surface area (Å²) >= 11 is 3.50. The van der Waals surface area contributed by atoms with Crippen LogP contribution in [0.2, 0.25) is 0 Å². The number of benzene rings is 1. The zero-order valence-electron chi connectivity index (χ0n) is 15.0. The molecule has 0 bridgehead atoms. The maximum absolute atomic E-state index is 12.9. The fourth-order valence-corrected chi connectivity index (χ4v) is 4.30. The van der Waals surface area contributed by atoms with Gasteiger partial charge in [-0.3, -0.25) is 14.6 Å². The average Bonchev–Trinajstić information content (AvgIpc) is 3.46. The summed E-state index contributed by atoms with van der Waals surface area (Å²) in [7, 11) is 0. The van der Waals surface area contributed by atoms with Crippen LogP contribution in [0.25, 0.3) is 10.9 Å². The van der Waals surface area contributed by atoms with Gasteiger partial charge in [-0.25, -0.2) is 4.98 Å². The van der Waals surface area contributed by atoms with Crippen LogP contribution in [-0.4, -0.2) is 39.8 Å². The number of carbonyl (C=O) groups excluding carboxylic acids is 2. The molecule has 1 spiro atoms. The van der Waals surface area contributed by atoms with E-state index in [1.807, 2.05) is 30.3 Å². The first-order valence-corrected chi connectivity index (χ1v) is 9.93. The SMILES string of the molecule is O=C(CN1CC2(CC2)c2cc(Br)ccc2C1=O)Nc1cc2cccnc2cn1. The van der Waals surface area contributed by atoms with Gasteiger partial charge in [0.25, 0.3) is 5.91 Å². The second kappa shape index (κ2) is 6.38. The van der Waals surface area contributed by atoms with Gasteiger partial charge < -0.3 is 10.2 Å². The van der Waals surface area contributed by atoms with E-state index >= 15 is 0 Å². The Hall–Kier alpha value is -2.80. The van der Waals surface area contributed by atoms with Crippen LogP contribution in [0.4, 0.5) is 5.82 Å². The van der Waals surface area contributed by atoms with Crippen molar-refractivity contribution in [3.63, 3.8) is 0 Å². The van der Waals surface area contributed by atoms with E-state index in [4.69, 9.17) is 0 Å². The summed E-state index contributed by atoms with van der Waals surface area (Å²) < 4.78 is 0.980. The van der Waals surface area contributed by atoms with Gasteiger partial charge >= 0.3 is 0 Å². The number of amides is 2. The Bertz CT molecular complexity index is 1130. The van der Waals surface area contributed by atoms with Gasteiger partial charge in [0.1, 0.15) is 12.4 Å². The highest BCUT2D eigenvalue weighted by molar-refractivity contribution is 9.10. The van der Waals surface area contributed by atoms with Gasteiger partial charge in [0.15, 0.2) is 0 Å². The van der Waals surface area contributed by atoms with Gasteiger partial charge in [-0.2, -0.15) is 0 Å². The van der Waals surface area contributed by atoms with E-state index in [0.29, 0.717) is 17.9 Å². The van der Waals surface area contributed by atoms with E-state index in [1.165, 1.54) is 0 Å². The Kier molecular flexibility index (Phi) is 3.94. The number of hydrogen-bond acceptors (Lipinski definition) is 4. The number of aromatic nitrogens is 2. The summed E-state index contributed by atoms with van der Waals surface area (Å²) in [6, 6.07) is 11.3. The quantitative estimate of drug-likeness (QED) is 0.681. The third-order valence-corrected chi connectivity index (χ3v) is 6.00. The summed E-state index contributed by atoms with van der Waals surface area (Å²) in [6.45, 7) is 0.598. The van der Waals surface area contributed by atoms with Crippen LogP contribution < -0.4 is 5.32 Å². The summed E-state index contributed by atoms with van der Waals surface area (Å²) in [5, 5.41) is 3.70. The Labute approximate surface area is 170 Å². The van der Waals surface area contributed by atoms with Crippen molar-refractivity contribution in [1.82, 2.24) is 14.9 Å². The van der Waals surface area contributed by atoms with Crippen molar-refractivity contribution in [2.24, 2.45) is 0 Å². The van der Waals surface area contributed by atoms with E-state index in [2.05, 4.69) is 31.2 Å². The first-order valence-electron chi connectivity index (χ1n) is 9.14. The Balaban J connectivity index is 1.35. The zero-order valence-corrected chi connectivity index (χ0v) is 16.6. The smallest absolute Gasteiger partial charge is 0.254 e. The van der Waals surface area contributed by atoms with Gasteiger partial charge in [0.2, 0.25) is 5.91 Å². The molecule has 1 N–H and O–H groups in total. The standard InChI is InChI=1S/C21H17BrN4O2/c22-14-3-4-15-16(9-14)21(5-6-21)12-26(20(15)28)11-19(27)25-18-8-13-2-1-7-23-17(13)10-24-18/h1-4,7-10H,5-6,11-12H2,(H,24,25,27). The van der Waals surface area contributed by atoms with Gasteiger partial charge in [-0.05, 0) is 48.7 Å². The minimum atomic E-state index is -0.250. The third-order valence-electron chi connectivity index (χ3n) is 5.51. The van der Waals surface area contributed by atoms with E-state index in [1.54, 1.807) is 23.4 Å². The molecule has 2 amide bonds. The van der Waals surface area contributed by atoms with Crippen LogP contribution in [0.3, 0.4) is 0 Å². The lowest BCUT2D eigenvalue weighted by Crippen LogP contribution is -2.46. The van der Waals surface area contributed by atoms with E-state index in [9.17, 15) is 9.59 Å². The molecule has 5 rings (SSSR count). The van der Waals surface area contributed by atoms with Gasteiger partial charge in [-0.1, -0.05) is 22.0 Å². The van der Waals surface area contributed by atoms with Crippen LogP contribution in [0.5, 0.6) is 0 Å². The second-order valence-electron chi connectivity index (χ2n) is 7.45. The zero-order chi connectivity index (χ0) is 19.3. The topological polar surface area (TPSA) is 75.2 Å². The minimum Gasteiger partial charge on any atom is -0.328 e. The monoisotopic (exact) mass is 436 g/mol. The number of hydrogen-bond donors (Lipinski definition) is 1. The molecule has 6 nitrogen and oxygen atoms in total. The lowest BCUT2D eigenvalue weighted by atomic mass is 9.86. The van der Waals surface area contributed by atoms with E-state index in [-0.39, 0.29) is 23.8 Å². The van der Waals surface area contributed by atoms with Crippen molar-refractivity contribution in [2.75, 3.05) is 18.4 Å². The highest BCUT2D eigenvalue weighted by atomic mass is 79.9. The predicted octanol–water partition coefficient (Wildman–Crippen LogP) is 3.52. The molecule has 140 valence electrons. The number of nitrogens with one attached hydrogen (secondary N) is 1. The number of anilines is 1. The van der Waals surface area contributed by atoms with Crippen molar-refractivity contribution in [3.8, 4) is 0 Å². The van der Waals surface area contributed by atoms with Crippen LogP contribution in [0, 0.1) is 0 Å². The highest BCUT2D eigenvalue weighted by Crippen LogP contribution is 2.52. The lowest BCUT2D eigenvalue weighted by Gasteiger charge is -2.34. The van der Waals surface area contributed by atoms with Gasteiger partial charge in [0, 0.05) is 33.6 Å². The molecule has 0 saturated heterocycles. The number of halogens is 1. The first kappa shape index (κ1) is 17.3. The number of pyridine rings is 2. The fraction of sp³-hybridized carbons (Fsp3) is 0.238. The average molecular weight is 437 g/mol. The normalized spacial score (nSPS) is 16.9. The van der Waals surface area contributed by atoms with E-state index in [0.717, 1.165) is 33.8 Å². The van der Waals surface area contributed by atoms with Crippen molar-refractivity contribution in [3.05, 3.63) is 64.4 Å². The maximum Gasteiger partial charge on any atom is 0.254 e. The van der Waals surface area contributed by atoms with Gasteiger partial charge in [-0.15, -0.1) is 0 Å². The van der Waals surface area contributed by atoms with E-state index < -0.39 is 0 Å². The van der Waals surface area contributed by atoms with Crippen LogP contribution >= 0.6 is 15.9 Å². The molecule has 2 aliphatic rings.